The molecule has 0 saturated carbocycles. The Morgan fingerprint density at radius 3 is 2.67 bits per heavy atom. The number of nitrogens with one attached hydrogen (secondary N) is 2. The topological polar surface area (TPSA) is 87.7 Å². The molecule has 1 aromatic carbocycles. The summed E-state index contributed by atoms with van der Waals surface area (Å²) in [6, 6.07) is 6.60. The lowest BCUT2D eigenvalue weighted by Crippen LogP contribution is -2.39. The van der Waals surface area contributed by atoms with Crippen molar-refractivity contribution in [2.24, 2.45) is 0 Å². The molecule has 21 heavy (non-hydrogen) atoms. The first kappa shape index (κ1) is 17.0. The molecule has 6 nitrogen and oxygen atoms in total. The highest BCUT2D eigenvalue weighted by molar-refractivity contribution is 5.90. The Bertz CT molecular complexity index is 472. The summed E-state index contributed by atoms with van der Waals surface area (Å²) in [5.41, 5.74) is 0.626. The smallest absolute Gasteiger partial charge is 0.258 e. The van der Waals surface area contributed by atoms with Gasteiger partial charge in [0.2, 0.25) is 5.91 Å². The highest BCUT2D eigenvalue weighted by Crippen LogP contribution is 2.17. The minimum Gasteiger partial charge on any atom is -0.484 e. The molecule has 0 aliphatic heterocycles. The van der Waals surface area contributed by atoms with Gasteiger partial charge < -0.3 is 20.5 Å². The lowest BCUT2D eigenvalue weighted by atomic mass is 10.2. The number of aliphatic hydroxyl groups is 1. The van der Waals surface area contributed by atoms with Crippen molar-refractivity contribution in [2.45, 2.75) is 32.7 Å². The number of ether oxygens (including phenoxy) is 1. The van der Waals surface area contributed by atoms with Crippen LogP contribution in [0.15, 0.2) is 24.3 Å². The van der Waals surface area contributed by atoms with E-state index in [-0.39, 0.29) is 31.1 Å². The molecule has 0 aromatic heterocycles. The van der Waals surface area contributed by atoms with E-state index >= 15 is 0 Å². The van der Waals surface area contributed by atoms with Crippen LogP contribution in [0.5, 0.6) is 5.75 Å². The predicted molar refractivity (Wildman–Crippen MR) is 80.2 cm³/mol. The Morgan fingerprint density at radius 2 is 2.05 bits per heavy atom. The van der Waals surface area contributed by atoms with E-state index in [4.69, 9.17) is 9.84 Å². The van der Waals surface area contributed by atoms with Crippen LogP contribution in [-0.2, 0) is 9.59 Å². The summed E-state index contributed by atoms with van der Waals surface area (Å²) in [5, 5.41) is 14.4. The molecule has 0 bridgehead atoms. The number of amides is 2. The Kier molecular flexibility index (Phi) is 7.25. The Labute approximate surface area is 124 Å². The van der Waals surface area contributed by atoms with Crippen molar-refractivity contribution in [1.82, 2.24) is 5.32 Å². The zero-order chi connectivity index (χ0) is 15.7. The zero-order valence-corrected chi connectivity index (χ0v) is 12.4. The van der Waals surface area contributed by atoms with Gasteiger partial charge in [-0.2, -0.15) is 0 Å². The third-order valence-electron chi connectivity index (χ3n) is 2.89. The molecule has 0 aliphatic carbocycles. The molecular weight excluding hydrogens is 272 g/mol. The van der Waals surface area contributed by atoms with Gasteiger partial charge in [0, 0.05) is 18.2 Å². The van der Waals surface area contributed by atoms with Crippen molar-refractivity contribution in [1.29, 1.82) is 0 Å². The van der Waals surface area contributed by atoms with Gasteiger partial charge in [0.1, 0.15) is 5.75 Å². The minimum atomic E-state index is -0.293. The van der Waals surface area contributed by atoms with Crippen LogP contribution in [0, 0.1) is 0 Å². The molecule has 116 valence electrons. The van der Waals surface area contributed by atoms with E-state index in [0.717, 1.165) is 0 Å². The SMILES string of the molecule is CCC(=O)Nc1cccc(OCC(=O)N[C@H](CC)CO)c1. The molecule has 1 rings (SSSR count). The summed E-state index contributed by atoms with van der Waals surface area (Å²) in [7, 11) is 0. The largest absolute Gasteiger partial charge is 0.484 e. The quantitative estimate of drug-likeness (QED) is 0.674. The van der Waals surface area contributed by atoms with E-state index in [1.807, 2.05) is 6.92 Å². The van der Waals surface area contributed by atoms with Gasteiger partial charge in [0.15, 0.2) is 6.61 Å². The number of anilines is 1. The molecule has 0 radical (unpaired) electrons. The maximum atomic E-state index is 11.6. The maximum Gasteiger partial charge on any atom is 0.258 e. The predicted octanol–water partition coefficient (Wildman–Crippen LogP) is 1.30. The van der Waals surface area contributed by atoms with E-state index in [1.165, 1.54) is 0 Å². The molecule has 6 heteroatoms. The van der Waals surface area contributed by atoms with Crippen molar-refractivity contribution in [3.63, 3.8) is 0 Å². The number of hydrogen-bond donors (Lipinski definition) is 3. The van der Waals surface area contributed by atoms with Crippen LogP contribution in [-0.4, -0.2) is 36.2 Å². The van der Waals surface area contributed by atoms with Crippen LogP contribution in [0.25, 0.3) is 0 Å². The van der Waals surface area contributed by atoms with E-state index in [9.17, 15) is 9.59 Å². The average molecular weight is 294 g/mol. The number of rotatable bonds is 8. The molecule has 1 aromatic rings. The third-order valence-corrected chi connectivity index (χ3v) is 2.89. The summed E-state index contributed by atoms with van der Waals surface area (Å²) in [5.74, 6) is 0.119. The van der Waals surface area contributed by atoms with Gasteiger partial charge in [-0.1, -0.05) is 19.9 Å². The van der Waals surface area contributed by atoms with Gasteiger partial charge in [-0.15, -0.1) is 0 Å². The Morgan fingerprint density at radius 1 is 1.29 bits per heavy atom. The fourth-order valence-corrected chi connectivity index (χ4v) is 1.61. The van der Waals surface area contributed by atoms with Crippen LogP contribution in [0.1, 0.15) is 26.7 Å². The molecule has 0 spiro atoms. The third kappa shape index (κ3) is 6.27. The van der Waals surface area contributed by atoms with Crippen molar-refractivity contribution in [3.8, 4) is 5.75 Å². The van der Waals surface area contributed by atoms with E-state index in [0.29, 0.717) is 24.3 Å². The van der Waals surface area contributed by atoms with Gasteiger partial charge in [-0.05, 0) is 18.6 Å². The molecule has 0 fully saturated rings. The number of hydrogen-bond acceptors (Lipinski definition) is 4. The van der Waals surface area contributed by atoms with Crippen molar-refractivity contribution in [3.05, 3.63) is 24.3 Å². The van der Waals surface area contributed by atoms with Crippen molar-refractivity contribution >= 4 is 17.5 Å². The lowest BCUT2D eigenvalue weighted by molar-refractivity contribution is -0.124. The van der Waals surface area contributed by atoms with Crippen LogP contribution in [0.4, 0.5) is 5.69 Å². The fourth-order valence-electron chi connectivity index (χ4n) is 1.61. The van der Waals surface area contributed by atoms with Crippen LogP contribution in [0.3, 0.4) is 0 Å². The van der Waals surface area contributed by atoms with E-state index < -0.39 is 0 Å². The maximum absolute atomic E-state index is 11.6. The van der Waals surface area contributed by atoms with Crippen LogP contribution in [0.2, 0.25) is 0 Å². The number of aliphatic hydroxyl groups excluding tert-OH is 1. The molecular formula is C15H22N2O4. The molecule has 0 aliphatic rings. The number of carbonyl (C=O) groups is 2. The monoisotopic (exact) mass is 294 g/mol. The molecule has 3 N–H and O–H groups in total. The van der Waals surface area contributed by atoms with Gasteiger partial charge >= 0.3 is 0 Å². The summed E-state index contributed by atoms with van der Waals surface area (Å²) in [4.78, 5) is 22.9. The van der Waals surface area contributed by atoms with Gasteiger partial charge in [0.05, 0.1) is 12.6 Å². The summed E-state index contributed by atoms with van der Waals surface area (Å²) in [6.07, 6.45) is 1.05. The molecule has 2 amide bonds. The summed E-state index contributed by atoms with van der Waals surface area (Å²) in [6.45, 7) is 3.41. The Balaban J connectivity index is 2.50. The molecule has 0 saturated heterocycles. The first-order chi connectivity index (χ1) is 10.1. The number of benzene rings is 1. The zero-order valence-electron chi connectivity index (χ0n) is 12.4. The van der Waals surface area contributed by atoms with Crippen LogP contribution >= 0.6 is 0 Å². The fraction of sp³-hybridized carbons (Fsp3) is 0.467. The van der Waals surface area contributed by atoms with Crippen molar-refractivity contribution in [2.75, 3.05) is 18.5 Å². The summed E-state index contributed by atoms with van der Waals surface area (Å²) >= 11 is 0. The average Bonchev–Trinajstić information content (AvgIpc) is 2.50. The number of carbonyl (C=O) groups excluding carboxylic acids is 2. The molecule has 1 atom stereocenters. The van der Waals surface area contributed by atoms with Gasteiger partial charge in [-0.3, -0.25) is 9.59 Å². The van der Waals surface area contributed by atoms with E-state index in [1.54, 1.807) is 31.2 Å². The van der Waals surface area contributed by atoms with Gasteiger partial charge in [-0.25, -0.2) is 0 Å². The molecule has 0 unspecified atom stereocenters. The lowest BCUT2D eigenvalue weighted by Gasteiger charge is -2.14. The van der Waals surface area contributed by atoms with Crippen LogP contribution < -0.4 is 15.4 Å². The normalized spacial score (nSPS) is 11.6. The minimum absolute atomic E-state index is 0.0846. The van der Waals surface area contributed by atoms with Gasteiger partial charge in [0.25, 0.3) is 5.91 Å². The highest BCUT2D eigenvalue weighted by Gasteiger charge is 2.09. The van der Waals surface area contributed by atoms with E-state index in [2.05, 4.69) is 10.6 Å². The van der Waals surface area contributed by atoms with Crippen molar-refractivity contribution < 1.29 is 19.4 Å². The first-order valence-electron chi connectivity index (χ1n) is 7.02. The molecule has 0 heterocycles. The second kappa shape index (κ2) is 8.97. The second-order valence-electron chi connectivity index (χ2n) is 4.57. The standard InChI is InChI=1S/C15H22N2O4/c1-3-11(9-18)16-15(20)10-21-13-7-5-6-12(8-13)17-14(19)4-2/h5-8,11,18H,3-4,9-10H2,1-2H3,(H,16,20)(H,17,19)/t11-/m1/s1. The summed E-state index contributed by atoms with van der Waals surface area (Å²) < 4.78 is 5.37. The highest BCUT2D eigenvalue weighted by atomic mass is 16.5. The Hall–Kier alpha value is -2.08. The first-order valence-corrected chi connectivity index (χ1v) is 7.02. The second-order valence-corrected chi connectivity index (χ2v) is 4.57.